The molecule has 76 valence electrons. The van der Waals surface area contributed by atoms with Crippen LogP contribution in [0.25, 0.3) is 0 Å². The summed E-state index contributed by atoms with van der Waals surface area (Å²) in [6.45, 7) is 0. The number of hydrogen-bond acceptors (Lipinski definition) is 2. The van der Waals surface area contributed by atoms with Crippen molar-refractivity contribution in [2.24, 2.45) is 7.05 Å². The number of nitrogens with zero attached hydrogens (tertiary/aromatic N) is 2. The molecule has 0 amide bonds. The molecule has 0 radical (unpaired) electrons. The van der Waals surface area contributed by atoms with Crippen LogP contribution in [0.4, 0.5) is 0 Å². The molecule has 0 bridgehead atoms. The first-order valence-electron chi connectivity index (χ1n) is 5.61. The Bertz CT molecular complexity index is 338. The Labute approximate surface area is 84.5 Å². The molecule has 1 heterocycles. The summed E-state index contributed by atoms with van der Waals surface area (Å²) >= 11 is 0. The van der Waals surface area contributed by atoms with Crippen LogP contribution >= 0.6 is 0 Å². The van der Waals surface area contributed by atoms with E-state index in [4.69, 9.17) is 0 Å². The monoisotopic (exact) mass is 191 g/mol. The van der Waals surface area contributed by atoms with Gasteiger partial charge in [0.1, 0.15) is 0 Å². The third-order valence-corrected chi connectivity index (χ3v) is 3.22. The second-order valence-corrected chi connectivity index (χ2v) is 4.60. The smallest absolute Gasteiger partial charge is 0.0825 e. The molecule has 2 aliphatic rings. The molecule has 0 aromatic carbocycles. The largest absolute Gasteiger partial charge is 0.306 e. The van der Waals surface area contributed by atoms with Crippen LogP contribution in [0.1, 0.15) is 43.0 Å². The van der Waals surface area contributed by atoms with Gasteiger partial charge in [0.15, 0.2) is 0 Å². The van der Waals surface area contributed by atoms with Crippen LogP contribution in [-0.4, -0.2) is 15.8 Å². The van der Waals surface area contributed by atoms with Crippen LogP contribution in [0.15, 0.2) is 6.20 Å². The molecule has 3 rings (SSSR count). The number of aryl methyl sites for hydroxylation is 2. The molecular formula is C11H17N3. The molecule has 3 nitrogen and oxygen atoms in total. The molecule has 1 N–H and O–H groups in total. The van der Waals surface area contributed by atoms with Crippen LogP contribution in [-0.2, 0) is 13.5 Å². The quantitative estimate of drug-likeness (QED) is 0.768. The highest BCUT2D eigenvalue weighted by Crippen LogP contribution is 2.31. The molecule has 0 saturated heterocycles. The zero-order chi connectivity index (χ0) is 9.54. The fourth-order valence-electron chi connectivity index (χ4n) is 2.37. The lowest BCUT2D eigenvalue weighted by Crippen LogP contribution is -2.26. The molecule has 0 aliphatic heterocycles. The van der Waals surface area contributed by atoms with Gasteiger partial charge in [-0.25, -0.2) is 0 Å². The van der Waals surface area contributed by atoms with Crippen molar-refractivity contribution in [3.8, 4) is 0 Å². The average Bonchev–Trinajstić information content (AvgIpc) is 2.87. The van der Waals surface area contributed by atoms with Gasteiger partial charge in [0, 0.05) is 19.3 Å². The van der Waals surface area contributed by atoms with Crippen LogP contribution in [0.3, 0.4) is 0 Å². The minimum atomic E-state index is 0.535. The van der Waals surface area contributed by atoms with Gasteiger partial charge >= 0.3 is 0 Å². The van der Waals surface area contributed by atoms with Gasteiger partial charge < -0.3 is 5.32 Å². The molecular weight excluding hydrogens is 174 g/mol. The lowest BCUT2D eigenvalue weighted by atomic mass is 9.94. The molecule has 1 aromatic heterocycles. The van der Waals surface area contributed by atoms with E-state index in [-0.39, 0.29) is 0 Å². The molecule has 0 spiro atoms. The van der Waals surface area contributed by atoms with E-state index in [0.717, 1.165) is 6.04 Å². The fourth-order valence-corrected chi connectivity index (χ4v) is 2.37. The van der Waals surface area contributed by atoms with E-state index < -0.39 is 0 Å². The molecule has 1 aromatic rings. The number of hydrogen-bond donors (Lipinski definition) is 1. The van der Waals surface area contributed by atoms with Crippen molar-refractivity contribution in [2.75, 3.05) is 0 Å². The van der Waals surface area contributed by atoms with Crippen molar-refractivity contribution in [1.29, 1.82) is 0 Å². The first kappa shape index (κ1) is 8.48. The molecule has 2 aliphatic carbocycles. The van der Waals surface area contributed by atoms with Crippen molar-refractivity contribution in [3.63, 3.8) is 0 Å². The van der Waals surface area contributed by atoms with Crippen molar-refractivity contribution < 1.29 is 0 Å². The summed E-state index contributed by atoms with van der Waals surface area (Å²) in [6, 6.07) is 1.32. The van der Waals surface area contributed by atoms with E-state index in [0.29, 0.717) is 6.04 Å². The Balaban J connectivity index is 1.85. The third-order valence-electron chi connectivity index (χ3n) is 3.22. The summed E-state index contributed by atoms with van der Waals surface area (Å²) in [4.78, 5) is 0. The Morgan fingerprint density at radius 3 is 3.07 bits per heavy atom. The number of aromatic nitrogens is 2. The minimum absolute atomic E-state index is 0.535. The van der Waals surface area contributed by atoms with E-state index in [9.17, 15) is 0 Å². The van der Waals surface area contributed by atoms with Crippen LogP contribution in [0.5, 0.6) is 0 Å². The van der Waals surface area contributed by atoms with E-state index in [1.165, 1.54) is 43.4 Å². The molecule has 1 saturated carbocycles. The van der Waals surface area contributed by atoms with E-state index in [1.807, 2.05) is 11.7 Å². The van der Waals surface area contributed by atoms with Crippen LogP contribution < -0.4 is 5.32 Å². The molecule has 3 heteroatoms. The Morgan fingerprint density at radius 1 is 1.43 bits per heavy atom. The van der Waals surface area contributed by atoms with Gasteiger partial charge in [-0.15, -0.1) is 0 Å². The second kappa shape index (κ2) is 3.09. The topological polar surface area (TPSA) is 29.9 Å². The highest BCUT2D eigenvalue weighted by Gasteiger charge is 2.29. The summed E-state index contributed by atoms with van der Waals surface area (Å²) in [5, 5.41) is 8.25. The second-order valence-electron chi connectivity index (χ2n) is 4.60. The lowest BCUT2D eigenvalue weighted by Gasteiger charge is -2.22. The standard InChI is InChI=1S/C11H17N3/c1-14-7-8-3-2-4-10(11(8)13-14)12-9-5-6-9/h7,9-10,12H,2-6H2,1H3. The van der Waals surface area contributed by atoms with Gasteiger partial charge in [0.25, 0.3) is 0 Å². The summed E-state index contributed by atoms with van der Waals surface area (Å²) in [5.41, 5.74) is 2.77. The van der Waals surface area contributed by atoms with Gasteiger partial charge in [-0.2, -0.15) is 5.10 Å². The predicted octanol–water partition coefficient (Wildman–Crippen LogP) is 1.55. The summed E-state index contributed by atoms with van der Waals surface area (Å²) in [5.74, 6) is 0. The summed E-state index contributed by atoms with van der Waals surface area (Å²) < 4.78 is 1.96. The highest BCUT2D eigenvalue weighted by atomic mass is 15.3. The number of rotatable bonds is 2. The van der Waals surface area contributed by atoms with Gasteiger partial charge in [0.2, 0.25) is 0 Å². The van der Waals surface area contributed by atoms with E-state index in [2.05, 4.69) is 16.6 Å². The molecule has 1 atom stereocenters. The number of nitrogens with one attached hydrogen (secondary N) is 1. The number of fused-ring (bicyclic) bond motifs is 1. The molecule has 1 fully saturated rings. The average molecular weight is 191 g/mol. The van der Waals surface area contributed by atoms with Crippen molar-refractivity contribution in [1.82, 2.24) is 15.1 Å². The molecule has 14 heavy (non-hydrogen) atoms. The SMILES string of the molecule is Cn1cc2c(n1)C(NC1CC1)CCC2. The predicted molar refractivity (Wildman–Crippen MR) is 55.0 cm³/mol. The van der Waals surface area contributed by atoms with E-state index in [1.54, 1.807) is 0 Å². The maximum atomic E-state index is 4.57. The third kappa shape index (κ3) is 1.46. The van der Waals surface area contributed by atoms with Crippen molar-refractivity contribution in [2.45, 2.75) is 44.2 Å². The van der Waals surface area contributed by atoms with Crippen LogP contribution in [0.2, 0.25) is 0 Å². The van der Waals surface area contributed by atoms with E-state index >= 15 is 0 Å². The summed E-state index contributed by atoms with van der Waals surface area (Å²) in [6.07, 6.45) is 8.68. The molecule has 1 unspecified atom stereocenters. The summed E-state index contributed by atoms with van der Waals surface area (Å²) in [7, 11) is 2.02. The van der Waals surface area contributed by atoms with Gasteiger partial charge in [0.05, 0.1) is 11.7 Å². The zero-order valence-electron chi connectivity index (χ0n) is 8.66. The van der Waals surface area contributed by atoms with Crippen molar-refractivity contribution in [3.05, 3.63) is 17.5 Å². The van der Waals surface area contributed by atoms with Crippen molar-refractivity contribution >= 4 is 0 Å². The van der Waals surface area contributed by atoms with Gasteiger partial charge in [-0.05, 0) is 37.7 Å². The maximum Gasteiger partial charge on any atom is 0.0825 e. The fraction of sp³-hybridized carbons (Fsp3) is 0.727. The van der Waals surface area contributed by atoms with Gasteiger partial charge in [-0.3, -0.25) is 4.68 Å². The minimum Gasteiger partial charge on any atom is -0.306 e. The normalized spacial score (nSPS) is 26.2. The van der Waals surface area contributed by atoms with Crippen LogP contribution in [0, 0.1) is 0 Å². The lowest BCUT2D eigenvalue weighted by molar-refractivity contribution is 0.445. The Hall–Kier alpha value is -0.830. The highest BCUT2D eigenvalue weighted by molar-refractivity contribution is 5.23. The Morgan fingerprint density at radius 2 is 2.29 bits per heavy atom. The maximum absolute atomic E-state index is 4.57. The Kier molecular flexibility index (Phi) is 1.87. The first-order chi connectivity index (χ1) is 6.83. The first-order valence-corrected chi connectivity index (χ1v) is 5.61. The zero-order valence-corrected chi connectivity index (χ0v) is 8.66. The van der Waals surface area contributed by atoms with Gasteiger partial charge in [-0.1, -0.05) is 0 Å².